The van der Waals surface area contributed by atoms with Gasteiger partial charge in [0, 0.05) is 13.1 Å². The fourth-order valence-electron chi connectivity index (χ4n) is 1.56. The van der Waals surface area contributed by atoms with Crippen molar-refractivity contribution >= 4 is 0 Å². The standard InChI is InChI=1S/C10H22N2O/c1-12(2)6-7-13-9-10-4-3-5-11-8-10/h10-11H,3-9H2,1-2H3/t10-/m1/s1. The van der Waals surface area contributed by atoms with Crippen LogP contribution in [0.25, 0.3) is 0 Å². The minimum Gasteiger partial charge on any atom is -0.380 e. The van der Waals surface area contributed by atoms with E-state index in [1.165, 1.54) is 19.4 Å². The summed E-state index contributed by atoms with van der Waals surface area (Å²) in [5.41, 5.74) is 0. The van der Waals surface area contributed by atoms with Crippen molar-refractivity contribution in [2.45, 2.75) is 12.8 Å². The first-order valence-corrected chi connectivity index (χ1v) is 5.22. The molecule has 0 bridgehead atoms. The van der Waals surface area contributed by atoms with E-state index in [4.69, 9.17) is 4.74 Å². The molecule has 1 saturated heterocycles. The maximum atomic E-state index is 5.60. The molecule has 0 amide bonds. The Labute approximate surface area is 81.4 Å². The summed E-state index contributed by atoms with van der Waals surface area (Å²) < 4.78 is 5.60. The van der Waals surface area contributed by atoms with Gasteiger partial charge < -0.3 is 15.0 Å². The van der Waals surface area contributed by atoms with Crippen LogP contribution in [0.4, 0.5) is 0 Å². The normalized spacial score (nSPS) is 23.8. The maximum absolute atomic E-state index is 5.60. The number of hydrogen-bond acceptors (Lipinski definition) is 3. The van der Waals surface area contributed by atoms with Crippen LogP contribution in [0.1, 0.15) is 12.8 Å². The molecule has 0 aromatic heterocycles. The minimum absolute atomic E-state index is 0.746. The number of nitrogens with one attached hydrogen (secondary N) is 1. The van der Waals surface area contributed by atoms with Crippen molar-refractivity contribution in [3.05, 3.63) is 0 Å². The fourth-order valence-corrected chi connectivity index (χ4v) is 1.56. The highest BCUT2D eigenvalue weighted by Crippen LogP contribution is 2.09. The van der Waals surface area contributed by atoms with Crippen molar-refractivity contribution in [3.63, 3.8) is 0 Å². The second-order valence-electron chi connectivity index (χ2n) is 4.09. The van der Waals surface area contributed by atoms with Gasteiger partial charge in [0.2, 0.25) is 0 Å². The van der Waals surface area contributed by atoms with Crippen LogP contribution in [-0.4, -0.2) is 51.8 Å². The van der Waals surface area contributed by atoms with Crippen molar-refractivity contribution < 1.29 is 4.74 Å². The molecule has 78 valence electrons. The third kappa shape index (κ3) is 5.24. The van der Waals surface area contributed by atoms with Gasteiger partial charge in [-0.15, -0.1) is 0 Å². The molecule has 0 aromatic carbocycles. The molecular weight excluding hydrogens is 164 g/mol. The first kappa shape index (κ1) is 11.0. The van der Waals surface area contributed by atoms with E-state index in [2.05, 4.69) is 24.3 Å². The van der Waals surface area contributed by atoms with Gasteiger partial charge in [-0.1, -0.05) is 0 Å². The van der Waals surface area contributed by atoms with E-state index in [1.54, 1.807) is 0 Å². The van der Waals surface area contributed by atoms with Crippen molar-refractivity contribution in [1.29, 1.82) is 0 Å². The Morgan fingerprint density at radius 1 is 1.46 bits per heavy atom. The molecule has 1 N–H and O–H groups in total. The van der Waals surface area contributed by atoms with Gasteiger partial charge in [-0.3, -0.25) is 0 Å². The zero-order chi connectivity index (χ0) is 9.52. The molecule has 0 aromatic rings. The summed E-state index contributed by atoms with van der Waals surface area (Å²) in [5.74, 6) is 0.746. The second-order valence-corrected chi connectivity index (χ2v) is 4.09. The van der Waals surface area contributed by atoms with Crippen LogP contribution < -0.4 is 5.32 Å². The summed E-state index contributed by atoms with van der Waals surface area (Å²) in [7, 11) is 4.15. The Morgan fingerprint density at radius 2 is 2.31 bits per heavy atom. The van der Waals surface area contributed by atoms with Crippen molar-refractivity contribution in [3.8, 4) is 0 Å². The van der Waals surface area contributed by atoms with E-state index in [0.717, 1.165) is 32.2 Å². The molecule has 1 fully saturated rings. The van der Waals surface area contributed by atoms with E-state index >= 15 is 0 Å². The molecule has 13 heavy (non-hydrogen) atoms. The number of hydrogen-bond donors (Lipinski definition) is 1. The molecule has 0 unspecified atom stereocenters. The van der Waals surface area contributed by atoms with E-state index < -0.39 is 0 Å². The largest absolute Gasteiger partial charge is 0.380 e. The smallest absolute Gasteiger partial charge is 0.0593 e. The molecule has 1 rings (SSSR count). The third-order valence-corrected chi connectivity index (χ3v) is 2.44. The van der Waals surface area contributed by atoms with Crippen LogP contribution in [0, 0.1) is 5.92 Å². The molecule has 0 spiro atoms. The first-order chi connectivity index (χ1) is 6.29. The lowest BCUT2D eigenvalue weighted by Gasteiger charge is -2.22. The van der Waals surface area contributed by atoms with Gasteiger partial charge in [-0.05, 0) is 39.4 Å². The number of rotatable bonds is 5. The van der Waals surface area contributed by atoms with Gasteiger partial charge >= 0.3 is 0 Å². The molecule has 1 heterocycles. The topological polar surface area (TPSA) is 24.5 Å². The maximum Gasteiger partial charge on any atom is 0.0593 e. The van der Waals surface area contributed by atoms with Gasteiger partial charge in [0.25, 0.3) is 0 Å². The van der Waals surface area contributed by atoms with Crippen molar-refractivity contribution in [2.75, 3.05) is 46.9 Å². The molecule has 0 saturated carbocycles. The molecule has 3 heteroatoms. The first-order valence-electron chi connectivity index (χ1n) is 5.22. The summed E-state index contributed by atoms with van der Waals surface area (Å²) in [4.78, 5) is 2.15. The summed E-state index contributed by atoms with van der Waals surface area (Å²) in [6.45, 7) is 5.15. The Kier molecular flexibility index (Phi) is 5.35. The van der Waals surface area contributed by atoms with Gasteiger partial charge in [0.1, 0.15) is 0 Å². The molecule has 0 radical (unpaired) electrons. The lowest BCUT2D eigenvalue weighted by Crippen LogP contribution is -2.32. The average Bonchev–Trinajstić information content (AvgIpc) is 2.14. The Hall–Kier alpha value is -0.120. The van der Waals surface area contributed by atoms with E-state index in [0.29, 0.717) is 0 Å². The van der Waals surface area contributed by atoms with Crippen LogP contribution >= 0.6 is 0 Å². The van der Waals surface area contributed by atoms with Crippen LogP contribution in [0.5, 0.6) is 0 Å². The zero-order valence-electron chi connectivity index (χ0n) is 8.88. The molecule has 3 nitrogen and oxygen atoms in total. The number of ether oxygens (including phenoxy) is 1. The number of likely N-dealkylation sites (N-methyl/N-ethyl adjacent to an activating group) is 1. The Morgan fingerprint density at radius 3 is 2.92 bits per heavy atom. The molecule has 1 aliphatic heterocycles. The summed E-state index contributed by atoms with van der Waals surface area (Å²) in [6, 6.07) is 0. The molecule has 1 aliphatic rings. The second kappa shape index (κ2) is 6.35. The van der Waals surface area contributed by atoms with Crippen molar-refractivity contribution in [2.24, 2.45) is 5.92 Å². The van der Waals surface area contributed by atoms with Crippen LogP contribution in [-0.2, 0) is 4.74 Å². The molecule has 1 atom stereocenters. The number of nitrogens with zero attached hydrogens (tertiary/aromatic N) is 1. The van der Waals surface area contributed by atoms with Gasteiger partial charge in [-0.25, -0.2) is 0 Å². The molecule has 0 aliphatic carbocycles. The molecular formula is C10H22N2O. The minimum atomic E-state index is 0.746. The van der Waals surface area contributed by atoms with Crippen molar-refractivity contribution in [1.82, 2.24) is 10.2 Å². The van der Waals surface area contributed by atoms with E-state index in [1.807, 2.05) is 0 Å². The third-order valence-electron chi connectivity index (χ3n) is 2.44. The monoisotopic (exact) mass is 186 g/mol. The lowest BCUT2D eigenvalue weighted by atomic mass is 10.0. The van der Waals surface area contributed by atoms with Gasteiger partial charge in [0.15, 0.2) is 0 Å². The van der Waals surface area contributed by atoms with Gasteiger partial charge in [-0.2, -0.15) is 0 Å². The SMILES string of the molecule is CN(C)CCOC[C@@H]1CCCNC1. The summed E-state index contributed by atoms with van der Waals surface area (Å²) >= 11 is 0. The number of piperidine rings is 1. The Bertz CT molecular complexity index is 122. The zero-order valence-corrected chi connectivity index (χ0v) is 8.88. The summed E-state index contributed by atoms with van der Waals surface area (Å²) in [6.07, 6.45) is 2.64. The quantitative estimate of drug-likeness (QED) is 0.635. The van der Waals surface area contributed by atoms with E-state index in [9.17, 15) is 0 Å². The Balaban J connectivity index is 1.92. The van der Waals surface area contributed by atoms with E-state index in [-0.39, 0.29) is 0 Å². The van der Waals surface area contributed by atoms with Crippen LogP contribution in [0.15, 0.2) is 0 Å². The predicted octanol–water partition coefficient (Wildman–Crippen LogP) is 0.564. The predicted molar refractivity (Wildman–Crippen MR) is 55.0 cm³/mol. The van der Waals surface area contributed by atoms with Crippen LogP contribution in [0.3, 0.4) is 0 Å². The average molecular weight is 186 g/mol. The fraction of sp³-hybridized carbons (Fsp3) is 1.00. The highest BCUT2D eigenvalue weighted by atomic mass is 16.5. The van der Waals surface area contributed by atoms with Crippen LogP contribution in [0.2, 0.25) is 0 Å². The van der Waals surface area contributed by atoms with Gasteiger partial charge in [0.05, 0.1) is 13.2 Å². The lowest BCUT2D eigenvalue weighted by molar-refractivity contribution is 0.0792. The highest BCUT2D eigenvalue weighted by molar-refractivity contribution is 4.68. The summed E-state index contributed by atoms with van der Waals surface area (Å²) in [5, 5.41) is 3.39. The highest BCUT2D eigenvalue weighted by Gasteiger charge is 2.12.